The van der Waals surface area contributed by atoms with Gasteiger partial charge in [-0.25, -0.2) is 14.8 Å². The van der Waals surface area contributed by atoms with Gasteiger partial charge in [-0.05, 0) is 0 Å². The van der Waals surface area contributed by atoms with Crippen LogP contribution >= 0.6 is 0 Å². The van der Waals surface area contributed by atoms with Gasteiger partial charge in [-0.1, -0.05) is 0 Å². The lowest BCUT2D eigenvalue weighted by molar-refractivity contribution is 0.170. The van der Waals surface area contributed by atoms with Crippen molar-refractivity contribution in [2.75, 3.05) is 7.11 Å². The van der Waals surface area contributed by atoms with Crippen LogP contribution in [-0.4, -0.2) is 23.2 Å². The van der Waals surface area contributed by atoms with E-state index in [-0.39, 0.29) is 0 Å². The van der Waals surface area contributed by atoms with Crippen molar-refractivity contribution in [3.05, 3.63) is 24.3 Å². The molecule has 0 aromatic carbocycles. The highest BCUT2D eigenvalue weighted by molar-refractivity contribution is 5.66. The van der Waals surface area contributed by atoms with Crippen LogP contribution in [0.5, 0.6) is 0 Å². The maximum Gasteiger partial charge on any atom is 0.407 e. The van der Waals surface area contributed by atoms with Crippen molar-refractivity contribution in [3.63, 3.8) is 0 Å². The summed E-state index contributed by atoms with van der Waals surface area (Å²) in [7, 11) is 1.32. The Kier molecular flexibility index (Phi) is 3.01. The summed E-state index contributed by atoms with van der Waals surface area (Å²) in [5.74, 6) is 0. The van der Waals surface area contributed by atoms with Gasteiger partial charge in [0.15, 0.2) is 0 Å². The number of rotatable bonds is 2. The Morgan fingerprint density at radius 3 is 2.83 bits per heavy atom. The molecule has 0 bridgehead atoms. The Hall–Kier alpha value is -1.65. The van der Waals surface area contributed by atoms with E-state index in [2.05, 4.69) is 20.0 Å². The number of amides is 1. The molecular weight excluding hydrogens is 158 g/mol. The van der Waals surface area contributed by atoms with E-state index in [0.29, 0.717) is 6.54 Å². The van der Waals surface area contributed by atoms with Crippen LogP contribution in [-0.2, 0) is 11.3 Å². The van der Waals surface area contributed by atoms with E-state index in [1.807, 2.05) is 0 Å². The molecule has 1 aromatic heterocycles. The summed E-state index contributed by atoms with van der Waals surface area (Å²) in [4.78, 5) is 18.2. The van der Waals surface area contributed by atoms with Crippen LogP contribution in [0, 0.1) is 0 Å². The fourth-order valence-corrected chi connectivity index (χ4v) is 0.668. The molecule has 1 amide bonds. The van der Waals surface area contributed by atoms with Gasteiger partial charge in [0.2, 0.25) is 0 Å². The molecule has 0 aliphatic rings. The number of carbonyl (C=O) groups excluding carboxylic acids is 1. The third kappa shape index (κ3) is 2.53. The summed E-state index contributed by atoms with van der Waals surface area (Å²) in [6.45, 7) is 0.382. The molecule has 0 saturated heterocycles. The number of nitrogens with zero attached hydrogens (tertiary/aromatic N) is 2. The number of hydrogen-bond donors (Lipinski definition) is 1. The smallest absolute Gasteiger partial charge is 0.407 e. The molecule has 0 atom stereocenters. The van der Waals surface area contributed by atoms with Crippen LogP contribution in [0.1, 0.15) is 5.56 Å². The summed E-state index contributed by atoms with van der Waals surface area (Å²) >= 11 is 0. The quantitative estimate of drug-likeness (QED) is 0.689. The lowest BCUT2D eigenvalue weighted by atomic mass is 10.3. The van der Waals surface area contributed by atoms with Crippen molar-refractivity contribution in [1.29, 1.82) is 0 Å². The molecular formula is C7H9N3O2. The monoisotopic (exact) mass is 167 g/mol. The Balaban J connectivity index is 2.38. The van der Waals surface area contributed by atoms with Crippen molar-refractivity contribution in [1.82, 2.24) is 15.3 Å². The predicted molar refractivity (Wildman–Crippen MR) is 41.3 cm³/mol. The largest absolute Gasteiger partial charge is 0.453 e. The van der Waals surface area contributed by atoms with Crippen molar-refractivity contribution < 1.29 is 9.53 Å². The number of methoxy groups -OCH3 is 1. The first-order valence-electron chi connectivity index (χ1n) is 3.38. The molecule has 0 unspecified atom stereocenters. The molecule has 1 N–H and O–H groups in total. The zero-order valence-electron chi connectivity index (χ0n) is 6.65. The van der Waals surface area contributed by atoms with Crippen LogP contribution in [0.15, 0.2) is 18.7 Å². The zero-order valence-corrected chi connectivity index (χ0v) is 6.65. The van der Waals surface area contributed by atoms with Crippen LogP contribution < -0.4 is 5.32 Å². The summed E-state index contributed by atoms with van der Waals surface area (Å²) in [6, 6.07) is 0. The standard InChI is InChI=1S/C7H9N3O2/c1-12-7(11)10-4-6-2-8-5-9-3-6/h2-3,5H,4H2,1H3,(H,10,11). The maximum atomic E-state index is 10.6. The molecule has 64 valence electrons. The van der Waals surface area contributed by atoms with Gasteiger partial charge in [-0.15, -0.1) is 0 Å². The van der Waals surface area contributed by atoms with Gasteiger partial charge in [0.25, 0.3) is 0 Å². The Bertz CT molecular complexity index is 250. The molecule has 5 nitrogen and oxygen atoms in total. The van der Waals surface area contributed by atoms with Gasteiger partial charge < -0.3 is 10.1 Å². The summed E-state index contributed by atoms with van der Waals surface area (Å²) in [6.07, 6.45) is 4.23. The van der Waals surface area contributed by atoms with E-state index in [1.165, 1.54) is 13.4 Å². The minimum atomic E-state index is -0.459. The number of carbonyl (C=O) groups is 1. The predicted octanol–water partition coefficient (Wildman–Crippen LogP) is 0.333. The molecule has 1 rings (SSSR count). The van der Waals surface area contributed by atoms with Crippen LogP contribution in [0.4, 0.5) is 4.79 Å². The fourth-order valence-electron chi connectivity index (χ4n) is 0.668. The lowest BCUT2D eigenvalue weighted by Gasteiger charge is -2.01. The highest BCUT2D eigenvalue weighted by Crippen LogP contribution is 1.91. The molecule has 0 fully saturated rings. The van der Waals surface area contributed by atoms with Crippen molar-refractivity contribution in [3.8, 4) is 0 Å². The first-order chi connectivity index (χ1) is 5.83. The van der Waals surface area contributed by atoms with Gasteiger partial charge in [-0.3, -0.25) is 0 Å². The molecule has 1 heterocycles. The molecule has 0 spiro atoms. The number of ether oxygens (including phenoxy) is 1. The number of aromatic nitrogens is 2. The molecule has 0 saturated carbocycles. The topological polar surface area (TPSA) is 64.1 Å². The van der Waals surface area contributed by atoms with Crippen LogP contribution in [0.2, 0.25) is 0 Å². The van der Waals surface area contributed by atoms with Crippen molar-refractivity contribution in [2.45, 2.75) is 6.54 Å². The van der Waals surface area contributed by atoms with E-state index in [0.717, 1.165) is 5.56 Å². The number of alkyl carbamates (subject to hydrolysis) is 1. The number of hydrogen-bond acceptors (Lipinski definition) is 4. The summed E-state index contributed by atoms with van der Waals surface area (Å²) < 4.78 is 4.38. The molecule has 12 heavy (non-hydrogen) atoms. The first kappa shape index (κ1) is 8.45. The third-order valence-corrected chi connectivity index (χ3v) is 1.24. The van der Waals surface area contributed by atoms with Gasteiger partial charge in [0, 0.05) is 24.5 Å². The Labute approximate surface area is 69.8 Å². The van der Waals surface area contributed by atoms with Gasteiger partial charge in [-0.2, -0.15) is 0 Å². The van der Waals surface area contributed by atoms with Crippen molar-refractivity contribution >= 4 is 6.09 Å². The summed E-state index contributed by atoms with van der Waals surface area (Å²) in [5.41, 5.74) is 0.836. The van der Waals surface area contributed by atoms with E-state index in [9.17, 15) is 4.79 Å². The highest BCUT2D eigenvalue weighted by atomic mass is 16.5. The molecule has 0 radical (unpaired) electrons. The van der Waals surface area contributed by atoms with Gasteiger partial charge >= 0.3 is 6.09 Å². The first-order valence-corrected chi connectivity index (χ1v) is 3.38. The van der Waals surface area contributed by atoms with E-state index in [4.69, 9.17) is 0 Å². The second kappa shape index (κ2) is 4.27. The van der Waals surface area contributed by atoms with Crippen molar-refractivity contribution in [2.24, 2.45) is 0 Å². The Morgan fingerprint density at radius 2 is 2.25 bits per heavy atom. The minimum Gasteiger partial charge on any atom is -0.453 e. The second-order valence-electron chi connectivity index (χ2n) is 2.09. The lowest BCUT2D eigenvalue weighted by Crippen LogP contribution is -2.22. The third-order valence-electron chi connectivity index (χ3n) is 1.24. The zero-order chi connectivity index (χ0) is 8.81. The SMILES string of the molecule is COC(=O)NCc1cncnc1. The number of nitrogens with one attached hydrogen (secondary N) is 1. The van der Waals surface area contributed by atoms with Crippen LogP contribution in [0.3, 0.4) is 0 Å². The fraction of sp³-hybridized carbons (Fsp3) is 0.286. The normalized spacial score (nSPS) is 9.08. The van der Waals surface area contributed by atoms with E-state index >= 15 is 0 Å². The van der Waals surface area contributed by atoms with E-state index < -0.39 is 6.09 Å². The second-order valence-corrected chi connectivity index (χ2v) is 2.09. The average Bonchev–Trinajstić information content (AvgIpc) is 2.16. The highest BCUT2D eigenvalue weighted by Gasteiger charge is 1.97. The van der Waals surface area contributed by atoms with Gasteiger partial charge in [0.1, 0.15) is 6.33 Å². The maximum absolute atomic E-state index is 10.6. The average molecular weight is 167 g/mol. The van der Waals surface area contributed by atoms with E-state index in [1.54, 1.807) is 12.4 Å². The molecule has 0 aliphatic heterocycles. The van der Waals surface area contributed by atoms with Gasteiger partial charge in [0.05, 0.1) is 7.11 Å². The molecule has 5 heteroatoms. The summed E-state index contributed by atoms with van der Waals surface area (Å²) in [5, 5.41) is 2.51. The Morgan fingerprint density at radius 1 is 1.58 bits per heavy atom. The van der Waals surface area contributed by atoms with Crippen LogP contribution in [0.25, 0.3) is 0 Å². The minimum absolute atomic E-state index is 0.382. The molecule has 1 aromatic rings. The molecule has 0 aliphatic carbocycles.